The van der Waals surface area contributed by atoms with Crippen molar-refractivity contribution in [2.24, 2.45) is 5.92 Å². The fourth-order valence-electron chi connectivity index (χ4n) is 1.95. The summed E-state index contributed by atoms with van der Waals surface area (Å²) in [6.45, 7) is 3.77. The molecule has 1 heterocycles. The van der Waals surface area contributed by atoms with Gasteiger partial charge in [-0.2, -0.15) is 0 Å². The third-order valence-corrected chi connectivity index (χ3v) is 3.71. The molecule has 0 aromatic carbocycles. The summed E-state index contributed by atoms with van der Waals surface area (Å²) in [6.07, 6.45) is 4.13. The highest BCUT2D eigenvalue weighted by Gasteiger charge is 2.17. The van der Waals surface area contributed by atoms with E-state index in [1.54, 1.807) is 0 Å². The number of aliphatic hydroxyl groups is 1. The monoisotopic (exact) mass is 250 g/mol. The van der Waals surface area contributed by atoms with E-state index in [-0.39, 0.29) is 0 Å². The average molecular weight is 250 g/mol. The van der Waals surface area contributed by atoms with Crippen LogP contribution in [0.15, 0.2) is 0 Å². The number of nitrogens with one attached hydrogen (secondary N) is 1. The van der Waals surface area contributed by atoms with E-state index < -0.39 is 10.0 Å². The molecule has 1 rings (SSSR count). The van der Waals surface area contributed by atoms with E-state index >= 15 is 0 Å². The third-order valence-electron chi connectivity index (χ3n) is 2.98. The van der Waals surface area contributed by atoms with Gasteiger partial charge in [0.2, 0.25) is 10.0 Å². The maximum atomic E-state index is 10.8. The van der Waals surface area contributed by atoms with Crippen LogP contribution in [0, 0.1) is 5.92 Å². The van der Waals surface area contributed by atoms with Crippen LogP contribution in [0.5, 0.6) is 0 Å². The average Bonchev–Trinajstić information content (AvgIpc) is 2.24. The van der Waals surface area contributed by atoms with Crippen molar-refractivity contribution < 1.29 is 13.5 Å². The summed E-state index contributed by atoms with van der Waals surface area (Å²) in [5.74, 6) is 0.463. The number of likely N-dealkylation sites (tertiary alicyclic amines) is 1. The van der Waals surface area contributed by atoms with Gasteiger partial charge in [0, 0.05) is 13.2 Å². The molecular formula is C10H22N2O3S. The van der Waals surface area contributed by atoms with Crippen molar-refractivity contribution in [1.82, 2.24) is 9.62 Å². The smallest absolute Gasteiger partial charge is 0.208 e. The van der Waals surface area contributed by atoms with Crippen LogP contribution in [-0.2, 0) is 10.0 Å². The Kier molecular flexibility index (Phi) is 5.68. The molecule has 0 atom stereocenters. The summed E-state index contributed by atoms with van der Waals surface area (Å²) in [5, 5.41) is 8.99. The van der Waals surface area contributed by atoms with Crippen molar-refractivity contribution in [3.8, 4) is 0 Å². The topological polar surface area (TPSA) is 69.6 Å². The van der Waals surface area contributed by atoms with E-state index in [1.165, 1.54) is 6.26 Å². The fraction of sp³-hybridized carbons (Fsp3) is 1.00. The number of hydrogen-bond donors (Lipinski definition) is 2. The number of piperidine rings is 1. The molecule has 0 aromatic heterocycles. The van der Waals surface area contributed by atoms with Crippen molar-refractivity contribution in [2.75, 3.05) is 39.0 Å². The zero-order chi connectivity index (χ0) is 12.0. The van der Waals surface area contributed by atoms with E-state index in [4.69, 9.17) is 5.11 Å². The molecule has 0 unspecified atom stereocenters. The van der Waals surface area contributed by atoms with Gasteiger partial charge < -0.3 is 10.0 Å². The first-order valence-electron chi connectivity index (χ1n) is 5.79. The molecule has 1 saturated heterocycles. The number of nitrogens with zero attached hydrogens (tertiary/aromatic N) is 1. The van der Waals surface area contributed by atoms with Gasteiger partial charge in [-0.05, 0) is 44.8 Å². The molecule has 1 fully saturated rings. The minimum absolute atomic E-state index is 0.295. The SMILES string of the molecule is CS(=O)(=O)NCCCN1CCC(CO)CC1. The van der Waals surface area contributed by atoms with E-state index in [9.17, 15) is 8.42 Å². The van der Waals surface area contributed by atoms with E-state index in [0.29, 0.717) is 19.1 Å². The summed E-state index contributed by atoms with van der Waals surface area (Å²) < 4.78 is 24.1. The first-order chi connectivity index (χ1) is 7.51. The molecule has 0 aromatic rings. The molecular weight excluding hydrogens is 228 g/mol. The molecule has 0 aliphatic carbocycles. The van der Waals surface area contributed by atoms with Gasteiger partial charge >= 0.3 is 0 Å². The van der Waals surface area contributed by atoms with Crippen LogP contribution in [0.4, 0.5) is 0 Å². The van der Waals surface area contributed by atoms with Gasteiger partial charge in [-0.25, -0.2) is 13.1 Å². The first-order valence-corrected chi connectivity index (χ1v) is 7.68. The van der Waals surface area contributed by atoms with Crippen LogP contribution >= 0.6 is 0 Å². The van der Waals surface area contributed by atoms with Crippen LogP contribution in [0.25, 0.3) is 0 Å². The van der Waals surface area contributed by atoms with Gasteiger partial charge in [0.25, 0.3) is 0 Å². The largest absolute Gasteiger partial charge is 0.396 e. The minimum Gasteiger partial charge on any atom is -0.396 e. The number of rotatable bonds is 6. The van der Waals surface area contributed by atoms with E-state index in [0.717, 1.165) is 38.9 Å². The van der Waals surface area contributed by atoms with Gasteiger partial charge in [0.15, 0.2) is 0 Å². The molecule has 6 heteroatoms. The highest BCUT2D eigenvalue weighted by molar-refractivity contribution is 7.88. The van der Waals surface area contributed by atoms with Crippen molar-refractivity contribution in [1.29, 1.82) is 0 Å². The van der Waals surface area contributed by atoms with Crippen LogP contribution in [-0.4, -0.2) is 57.5 Å². The molecule has 0 amide bonds. The second kappa shape index (κ2) is 6.54. The molecule has 1 aliphatic rings. The Morgan fingerprint density at radius 2 is 2.00 bits per heavy atom. The molecule has 5 nitrogen and oxygen atoms in total. The Morgan fingerprint density at radius 3 is 2.50 bits per heavy atom. The summed E-state index contributed by atoms with van der Waals surface area (Å²) in [7, 11) is -3.04. The van der Waals surface area contributed by atoms with Crippen molar-refractivity contribution in [3.63, 3.8) is 0 Å². The summed E-state index contributed by atoms with van der Waals surface area (Å²) in [5.41, 5.74) is 0. The highest BCUT2D eigenvalue weighted by Crippen LogP contribution is 2.15. The molecule has 0 saturated carbocycles. The molecule has 16 heavy (non-hydrogen) atoms. The van der Waals surface area contributed by atoms with Crippen molar-refractivity contribution in [2.45, 2.75) is 19.3 Å². The van der Waals surface area contributed by atoms with Crippen molar-refractivity contribution >= 4 is 10.0 Å². The second-order valence-corrected chi connectivity index (χ2v) is 6.32. The lowest BCUT2D eigenvalue weighted by atomic mass is 9.98. The summed E-state index contributed by atoms with van der Waals surface area (Å²) in [4.78, 5) is 2.33. The quantitative estimate of drug-likeness (QED) is 0.631. The highest BCUT2D eigenvalue weighted by atomic mass is 32.2. The molecule has 1 aliphatic heterocycles. The Hall–Kier alpha value is -0.170. The number of aliphatic hydroxyl groups excluding tert-OH is 1. The number of sulfonamides is 1. The minimum atomic E-state index is -3.04. The number of hydrogen-bond acceptors (Lipinski definition) is 4. The fourth-order valence-corrected chi connectivity index (χ4v) is 2.47. The zero-order valence-corrected chi connectivity index (χ0v) is 10.7. The summed E-state index contributed by atoms with van der Waals surface area (Å²) >= 11 is 0. The van der Waals surface area contributed by atoms with E-state index in [2.05, 4.69) is 9.62 Å². The Bertz CT molecular complexity index is 284. The van der Waals surface area contributed by atoms with Gasteiger partial charge in [-0.15, -0.1) is 0 Å². The van der Waals surface area contributed by atoms with Crippen LogP contribution in [0.1, 0.15) is 19.3 Å². The van der Waals surface area contributed by atoms with Crippen molar-refractivity contribution in [3.05, 3.63) is 0 Å². The van der Waals surface area contributed by atoms with Gasteiger partial charge in [-0.3, -0.25) is 0 Å². The zero-order valence-electron chi connectivity index (χ0n) is 9.85. The lowest BCUT2D eigenvalue weighted by molar-refractivity contribution is 0.131. The third kappa shape index (κ3) is 5.79. The predicted octanol–water partition coefficient (Wildman–Crippen LogP) is -0.370. The molecule has 0 spiro atoms. The predicted molar refractivity (Wildman–Crippen MR) is 63.7 cm³/mol. The Labute approximate surface area is 97.9 Å². The van der Waals surface area contributed by atoms with Crippen LogP contribution < -0.4 is 4.72 Å². The standard InChI is InChI=1S/C10H22N2O3S/c1-16(14,15)11-5-2-6-12-7-3-10(9-13)4-8-12/h10-11,13H,2-9H2,1H3. The normalized spacial score (nSPS) is 20.1. The summed E-state index contributed by atoms with van der Waals surface area (Å²) in [6, 6.07) is 0. The maximum Gasteiger partial charge on any atom is 0.208 e. The molecule has 96 valence electrons. The maximum absolute atomic E-state index is 10.8. The van der Waals surface area contributed by atoms with Gasteiger partial charge in [0.1, 0.15) is 0 Å². The first kappa shape index (κ1) is 13.9. The lowest BCUT2D eigenvalue weighted by Gasteiger charge is -2.30. The van der Waals surface area contributed by atoms with Crippen LogP contribution in [0.2, 0.25) is 0 Å². The molecule has 2 N–H and O–H groups in total. The van der Waals surface area contributed by atoms with Gasteiger partial charge in [-0.1, -0.05) is 0 Å². The molecule has 0 bridgehead atoms. The molecule has 0 radical (unpaired) electrons. The lowest BCUT2D eigenvalue weighted by Crippen LogP contribution is -2.36. The Balaban J connectivity index is 2.07. The van der Waals surface area contributed by atoms with Crippen LogP contribution in [0.3, 0.4) is 0 Å². The Morgan fingerprint density at radius 1 is 1.38 bits per heavy atom. The van der Waals surface area contributed by atoms with E-state index in [1.807, 2.05) is 0 Å². The van der Waals surface area contributed by atoms with Gasteiger partial charge in [0.05, 0.1) is 6.26 Å². The second-order valence-electron chi connectivity index (χ2n) is 4.49.